The average Bonchev–Trinajstić information content (AvgIpc) is 2.78. The highest BCUT2D eigenvalue weighted by atomic mass is 35.5. The molecule has 0 radical (unpaired) electrons. The maximum Gasteiger partial charge on any atom is 0.261 e. The lowest BCUT2D eigenvalue weighted by molar-refractivity contribution is 0.0939. The van der Waals surface area contributed by atoms with Gasteiger partial charge in [-0.15, -0.1) is 0 Å². The Morgan fingerprint density at radius 3 is 2.83 bits per heavy atom. The van der Waals surface area contributed by atoms with Crippen LogP contribution in [0, 0.1) is 13.8 Å². The van der Waals surface area contributed by atoms with Gasteiger partial charge >= 0.3 is 0 Å². The molecule has 1 aromatic heterocycles. The minimum Gasteiger partial charge on any atom is -0.348 e. The molecule has 0 bridgehead atoms. The van der Waals surface area contributed by atoms with Gasteiger partial charge in [0, 0.05) is 17.5 Å². The molecule has 0 unspecified atom stereocenters. The summed E-state index contributed by atoms with van der Waals surface area (Å²) in [5, 5.41) is 3.33. The molecule has 2 N–H and O–H groups in total. The van der Waals surface area contributed by atoms with Crippen molar-refractivity contribution in [3.8, 4) is 0 Å². The number of pyridine rings is 1. The van der Waals surface area contributed by atoms with Crippen molar-refractivity contribution >= 4 is 29.3 Å². The van der Waals surface area contributed by atoms with Gasteiger partial charge in [-0.25, -0.2) is 0 Å². The lowest BCUT2D eigenvalue weighted by Crippen LogP contribution is -2.38. The smallest absolute Gasteiger partial charge is 0.261 e. The van der Waals surface area contributed by atoms with E-state index in [9.17, 15) is 9.59 Å². The van der Waals surface area contributed by atoms with E-state index >= 15 is 0 Å². The van der Waals surface area contributed by atoms with Gasteiger partial charge in [-0.2, -0.15) is 11.8 Å². The number of aromatic amines is 1. The molecule has 0 spiro atoms. The molecular weight excluding hydrogens is 272 g/mol. The van der Waals surface area contributed by atoms with Gasteiger partial charge in [0.1, 0.15) is 5.56 Å². The highest BCUT2D eigenvalue weighted by Gasteiger charge is 2.22. The first-order chi connectivity index (χ1) is 8.50. The third-order valence-electron chi connectivity index (χ3n) is 3.05. The third-order valence-corrected chi connectivity index (χ3v) is 4.78. The molecule has 1 saturated heterocycles. The van der Waals surface area contributed by atoms with Crippen LogP contribution < -0.4 is 10.9 Å². The molecule has 1 amide bonds. The number of hydrogen-bond acceptors (Lipinski definition) is 3. The van der Waals surface area contributed by atoms with Gasteiger partial charge in [0.15, 0.2) is 0 Å². The lowest BCUT2D eigenvalue weighted by atomic mass is 10.1. The van der Waals surface area contributed by atoms with E-state index in [1.54, 1.807) is 25.6 Å². The zero-order valence-electron chi connectivity index (χ0n) is 10.3. The second-order valence-electron chi connectivity index (χ2n) is 4.43. The Morgan fingerprint density at radius 2 is 2.22 bits per heavy atom. The Bertz CT molecular complexity index is 536. The van der Waals surface area contributed by atoms with Crippen molar-refractivity contribution in [3.05, 3.63) is 32.2 Å². The van der Waals surface area contributed by atoms with Crippen LogP contribution in [0.3, 0.4) is 0 Å². The van der Waals surface area contributed by atoms with Gasteiger partial charge in [0.2, 0.25) is 0 Å². The molecule has 1 atom stereocenters. The molecule has 4 nitrogen and oxygen atoms in total. The number of halogens is 1. The Morgan fingerprint density at radius 1 is 1.50 bits per heavy atom. The largest absolute Gasteiger partial charge is 0.348 e. The van der Waals surface area contributed by atoms with E-state index in [4.69, 9.17) is 11.6 Å². The Kier molecular flexibility index (Phi) is 4.02. The summed E-state index contributed by atoms with van der Waals surface area (Å²) in [6.45, 7) is 3.41. The fraction of sp³-hybridized carbons (Fsp3) is 0.500. The molecule has 1 aliphatic rings. The monoisotopic (exact) mass is 286 g/mol. The topological polar surface area (TPSA) is 62.0 Å². The van der Waals surface area contributed by atoms with Gasteiger partial charge in [-0.3, -0.25) is 9.59 Å². The maximum atomic E-state index is 12.1. The van der Waals surface area contributed by atoms with E-state index in [1.807, 2.05) is 0 Å². The van der Waals surface area contributed by atoms with Crippen molar-refractivity contribution in [3.63, 3.8) is 0 Å². The van der Waals surface area contributed by atoms with Crippen molar-refractivity contribution in [2.75, 3.05) is 11.5 Å². The third kappa shape index (κ3) is 2.57. The molecule has 0 aliphatic carbocycles. The van der Waals surface area contributed by atoms with Crippen molar-refractivity contribution in [1.82, 2.24) is 10.3 Å². The van der Waals surface area contributed by atoms with Gasteiger partial charge in [-0.05, 0) is 31.6 Å². The lowest BCUT2D eigenvalue weighted by Gasteiger charge is -2.13. The molecule has 1 aliphatic heterocycles. The van der Waals surface area contributed by atoms with E-state index < -0.39 is 0 Å². The summed E-state index contributed by atoms with van der Waals surface area (Å²) in [7, 11) is 0. The zero-order valence-corrected chi connectivity index (χ0v) is 11.9. The number of carbonyl (C=O) groups excluding carboxylic acids is 1. The van der Waals surface area contributed by atoms with Gasteiger partial charge in [0.05, 0.1) is 5.02 Å². The summed E-state index contributed by atoms with van der Waals surface area (Å²) in [5.41, 5.74) is 0.883. The summed E-state index contributed by atoms with van der Waals surface area (Å²) in [6.07, 6.45) is 0.951. The van der Waals surface area contributed by atoms with E-state index in [0.717, 1.165) is 17.9 Å². The van der Waals surface area contributed by atoms with Gasteiger partial charge < -0.3 is 10.3 Å². The zero-order chi connectivity index (χ0) is 13.3. The Labute approximate surface area is 114 Å². The molecule has 98 valence electrons. The number of hydrogen-bond donors (Lipinski definition) is 2. The van der Waals surface area contributed by atoms with Crippen LogP contribution in [0.1, 0.15) is 28.0 Å². The fourth-order valence-electron chi connectivity index (χ4n) is 2.03. The number of carbonyl (C=O) groups is 1. The standard InChI is InChI=1S/C12H15ClN2O2S/c1-6-9(11(16)14-7(2)10(6)13)12(17)15-8-3-4-18-5-8/h8H,3-5H2,1-2H3,(H,14,16)(H,15,17)/t8-/m1/s1. The van der Waals surface area contributed by atoms with Crippen LogP contribution in [0.4, 0.5) is 0 Å². The summed E-state index contributed by atoms with van der Waals surface area (Å²) in [5.74, 6) is 1.63. The summed E-state index contributed by atoms with van der Waals surface area (Å²) < 4.78 is 0. The van der Waals surface area contributed by atoms with E-state index in [2.05, 4.69) is 10.3 Å². The van der Waals surface area contributed by atoms with Crippen molar-refractivity contribution in [2.45, 2.75) is 26.3 Å². The van der Waals surface area contributed by atoms with E-state index in [1.165, 1.54) is 0 Å². The maximum absolute atomic E-state index is 12.1. The molecule has 2 rings (SSSR count). The fourth-order valence-corrected chi connectivity index (χ4v) is 3.32. The molecule has 6 heteroatoms. The predicted molar refractivity (Wildman–Crippen MR) is 74.7 cm³/mol. The van der Waals surface area contributed by atoms with Crippen LogP contribution >= 0.6 is 23.4 Å². The number of nitrogens with one attached hydrogen (secondary N) is 2. The van der Waals surface area contributed by atoms with Crippen molar-refractivity contribution in [1.29, 1.82) is 0 Å². The number of rotatable bonds is 2. The van der Waals surface area contributed by atoms with Crippen LogP contribution in [-0.4, -0.2) is 28.4 Å². The molecule has 18 heavy (non-hydrogen) atoms. The first-order valence-corrected chi connectivity index (χ1v) is 7.31. The summed E-state index contributed by atoms with van der Waals surface area (Å²) in [6, 6.07) is 0.154. The second kappa shape index (κ2) is 5.36. The average molecular weight is 287 g/mol. The summed E-state index contributed by atoms with van der Waals surface area (Å²) in [4.78, 5) is 26.6. The molecular formula is C12H15ClN2O2S. The predicted octanol–water partition coefficient (Wildman–Crippen LogP) is 1.88. The van der Waals surface area contributed by atoms with Crippen LogP contribution in [0.25, 0.3) is 0 Å². The van der Waals surface area contributed by atoms with Gasteiger partial charge in [-0.1, -0.05) is 11.6 Å². The van der Waals surface area contributed by atoms with Crippen LogP contribution in [0.2, 0.25) is 5.02 Å². The van der Waals surface area contributed by atoms with Crippen LogP contribution in [-0.2, 0) is 0 Å². The number of aryl methyl sites for hydroxylation is 1. The van der Waals surface area contributed by atoms with Crippen molar-refractivity contribution < 1.29 is 4.79 Å². The second-order valence-corrected chi connectivity index (χ2v) is 5.95. The quantitative estimate of drug-likeness (QED) is 0.873. The normalized spacial score (nSPS) is 18.9. The minimum absolute atomic E-state index is 0.127. The van der Waals surface area contributed by atoms with E-state index in [-0.39, 0.29) is 23.1 Å². The van der Waals surface area contributed by atoms with Crippen molar-refractivity contribution in [2.24, 2.45) is 0 Å². The summed E-state index contributed by atoms with van der Waals surface area (Å²) >= 11 is 7.87. The number of thioether (sulfide) groups is 1. The molecule has 1 fully saturated rings. The number of H-pyrrole nitrogens is 1. The first kappa shape index (κ1) is 13.5. The molecule has 1 aromatic rings. The highest BCUT2D eigenvalue weighted by Crippen LogP contribution is 2.20. The Hall–Kier alpha value is -0.940. The van der Waals surface area contributed by atoms with E-state index in [0.29, 0.717) is 16.3 Å². The molecule has 0 aromatic carbocycles. The van der Waals surface area contributed by atoms with Crippen LogP contribution in [0.5, 0.6) is 0 Å². The number of amides is 1. The molecule has 0 saturated carbocycles. The highest BCUT2D eigenvalue weighted by molar-refractivity contribution is 7.99. The minimum atomic E-state index is -0.377. The van der Waals surface area contributed by atoms with Gasteiger partial charge in [0.25, 0.3) is 11.5 Å². The van der Waals surface area contributed by atoms with Crippen LogP contribution in [0.15, 0.2) is 4.79 Å². The number of aromatic nitrogens is 1. The first-order valence-electron chi connectivity index (χ1n) is 5.78. The molecule has 2 heterocycles. The Balaban J connectivity index is 2.30. The SMILES string of the molecule is Cc1[nH]c(=O)c(C(=O)N[C@@H]2CCSC2)c(C)c1Cl.